The molecular weight excluding hydrogens is 188 g/mol. The lowest BCUT2D eigenvalue weighted by atomic mass is 10.0. The van der Waals surface area contributed by atoms with Crippen molar-refractivity contribution >= 4 is 0 Å². The first-order valence-corrected chi connectivity index (χ1v) is 6.21. The lowest BCUT2D eigenvalue weighted by Crippen LogP contribution is -2.49. The third kappa shape index (κ3) is 4.49. The Bertz CT molecular complexity index is 162. The van der Waals surface area contributed by atoms with Crippen LogP contribution in [0.5, 0.6) is 0 Å². The van der Waals surface area contributed by atoms with Gasteiger partial charge in [0, 0.05) is 32.3 Å². The Balaban J connectivity index is 2.23. The average molecular weight is 214 g/mol. The summed E-state index contributed by atoms with van der Waals surface area (Å²) < 4.78 is 5.03. The Kier molecular flexibility index (Phi) is 6.22. The van der Waals surface area contributed by atoms with Gasteiger partial charge >= 0.3 is 0 Å². The van der Waals surface area contributed by atoms with Crippen LogP contribution in [0.25, 0.3) is 0 Å². The molecule has 1 atom stereocenters. The molecule has 1 unspecified atom stereocenters. The topological polar surface area (TPSA) is 24.5 Å². The maximum atomic E-state index is 5.03. The maximum Gasteiger partial charge on any atom is 0.0587 e. The van der Waals surface area contributed by atoms with Gasteiger partial charge in [-0.3, -0.25) is 4.90 Å². The summed E-state index contributed by atoms with van der Waals surface area (Å²) in [6, 6.07) is 1.41. The molecule has 15 heavy (non-hydrogen) atoms. The van der Waals surface area contributed by atoms with Crippen LogP contribution in [0.4, 0.5) is 0 Å². The summed E-state index contributed by atoms with van der Waals surface area (Å²) in [7, 11) is 1.75. The number of piperidine rings is 1. The third-order valence-corrected chi connectivity index (χ3v) is 3.20. The zero-order valence-corrected chi connectivity index (χ0v) is 10.5. The van der Waals surface area contributed by atoms with Gasteiger partial charge < -0.3 is 10.1 Å². The van der Waals surface area contributed by atoms with Crippen molar-refractivity contribution in [2.45, 2.75) is 45.2 Å². The minimum atomic E-state index is 0.680. The van der Waals surface area contributed by atoms with E-state index in [1.807, 2.05) is 0 Å². The molecule has 0 aromatic rings. The Hall–Kier alpha value is -0.120. The van der Waals surface area contributed by atoms with Gasteiger partial charge in [-0.1, -0.05) is 6.42 Å². The lowest BCUT2D eigenvalue weighted by Gasteiger charge is -2.38. The van der Waals surface area contributed by atoms with Gasteiger partial charge in [0.2, 0.25) is 0 Å². The number of likely N-dealkylation sites (tertiary alicyclic amines) is 1. The molecule has 0 aromatic carbocycles. The summed E-state index contributed by atoms with van der Waals surface area (Å²) in [6.45, 7) is 8.77. The van der Waals surface area contributed by atoms with Gasteiger partial charge in [0.25, 0.3) is 0 Å². The first-order chi connectivity index (χ1) is 7.25. The number of rotatable bonds is 6. The Labute approximate surface area is 94.2 Å². The van der Waals surface area contributed by atoms with Crippen molar-refractivity contribution in [2.75, 3.05) is 33.4 Å². The molecule has 1 rings (SSSR count). The number of nitrogens with one attached hydrogen (secondary N) is 1. The van der Waals surface area contributed by atoms with E-state index < -0.39 is 0 Å². The quantitative estimate of drug-likeness (QED) is 0.678. The van der Waals surface area contributed by atoms with E-state index in [0.717, 1.165) is 25.7 Å². The van der Waals surface area contributed by atoms with Crippen molar-refractivity contribution in [1.82, 2.24) is 10.2 Å². The number of nitrogens with zero attached hydrogens (tertiary/aromatic N) is 1. The molecule has 3 heteroatoms. The van der Waals surface area contributed by atoms with Crippen molar-refractivity contribution in [3.05, 3.63) is 0 Å². The van der Waals surface area contributed by atoms with E-state index in [4.69, 9.17) is 4.74 Å². The van der Waals surface area contributed by atoms with Gasteiger partial charge in [-0.2, -0.15) is 0 Å². The van der Waals surface area contributed by atoms with Crippen molar-refractivity contribution in [2.24, 2.45) is 0 Å². The zero-order valence-electron chi connectivity index (χ0n) is 10.5. The SMILES string of the molecule is COCCNCC1CCCCN1C(C)C. The normalized spacial score (nSPS) is 23.6. The first-order valence-electron chi connectivity index (χ1n) is 6.21. The minimum Gasteiger partial charge on any atom is -0.383 e. The van der Waals surface area contributed by atoms with Crippen LogP contribution in [0, 0.1) is 0 Å². The molecule has 1 aliphatic rings. The molecule has 3 nitrogen and oxygen atoms in total. The van der Waals surface area contributed by atoms with Crippen LogP contribution in [-0.2, 0) is 4.74 Å². The Morgan fingerprint density at radius 3 is 2.87 bits per heavy atom. The van der Waals surface area contributed by atoms with Crippen LogP contribution in [0.15, 0.2) is 0 Å². The summed E-state index contributed by atoms with van der Waals surface area (Å²) in [6.07, 6.45) is 4.10. The first kappa shape index (κ1) is 12.9. The lowest BCUT2D eigenvalue weighted by molar-refractivity contribution is 0.108. The molecule has 0 saturated carbocycles. The fourth-order valence-corrected chi connectivity index (χ4v) is 2.36. The highest BCUT2D eigenvalue weighted by Gasteiger charge is 2.23. The molecule has 1 saturated heterocycles. The second kappa shape index (κ2) is 7.20. The van der Waals surface area contributed by atoms with Crippen molar-refractivity contribution in [1.29, 1.82) is 0 Å². The molecular formula is C12H26N2O. The molecule has 0 bridgehead atoms. The predicted octanol–water partition coefficient (Wildman–Crippen LogP) is 1.49. The second-order valence-electron chi connectivity index (χ2n) is 4.68. The van der Waals surface area contributed by atoms with E-state index in [1.54, 1.807) is 7.11 Å². The molecule has 90 valence electrons. The van der Waals surface area contributed by atoms with Crippen LogP contribution in [0.3, 0.4) is 0 Å². The average Bonchev–Trinajstić information content (AvgIpc) is 2.25. The van der Waals surface area contributed by atoms with E-state index in [9.17, 15) is 0 Å². The van der Waals surface area contributed by atoms with Crippen molar-refractivity contribution in [3.8, 4) is 0 Å². The molecule has 1 fully saturated rings. The van der Waals surface area contributed by atoms with Gasteiger partial charge in [0.05, 0.1) is 6.61 Å². The van der Waals surface area contributed by atoms with E-state index in [0.29, 0.717) is 6.04 Å². The van der Waals surface area contributed by atoms with Crippen LogP contribution < -0.4 is 5.32 Å². The standard InChI is InChI=1S/C12H26N2O/c1-11(2)14-8-5-4-6-12(14)10-13-7-9-15-3/h11-13H,4-10H2,1-3H3. The zero-order chi connectivity index (χ0) is 11.1. The summed E-state index contributed by atoms with van der Waals surface area (Å²) in [5, 5.41) is 3.47. The predicted molar refractivity (Wildman–Crippen MR) is 64.2 cm³/mol. The molecule has 0 amide bonds. The van der Waals surface area contributed by atoms with Gasteiger partial charge in [-0.25, -0.2) is 0 Å². The van der Waals surface area contributed by atoms with Gasteiger partial charge in [0.15, 0.2) is 0 Å². The van der Waals surface area contributed by atoms with Crippen molar-refractivity contribution in [3.63, 3.8) is 0 Å². The van der Waals surface area contributed by atoms with E-state index >= 15 is 0 Å². The van der Waals surface area contributed by atoms with Crippen LogP contribution in [0.2, 0.25) is 0 Å². The number of hydrogen-bond donors (Lipinski definition) is 1. The van der Waals surface area contributed by atoms with Crippen molar-refractivity contribution < 1.29 is 4.74 Å². The highest BCUT2D eigenvalue weighted by atomic mass is 16.5. The second-order valence-corrected chi connectivity index (χ2v) is 4.68. The summed E-state index contributed by atoms with van der Waals surface area (Å²) in [5.41, 5.74) is 0. The van der Waals surface area contributed by atoms with Gasteiger partial charge in [0.1, 0.15) is 0 Å². The fraction of sp³-hybridized carbons (Fsp3) is 1.00. The van der Waals surface area contributed by atoms with Gasteiger partial charge in [-0.05, 0) is 33.2 Å². The van der Waals surface area contributed by atoms with E-state index in [-0.39, 0.29) is 0 Å². The van der Waals surface area contributed by atoms with Crippen LogP contribution in [0.1, 0.15) is 33.1 Å². The third-order valence-electron chi connectivity index (χ3n) is 3.20. The van der Waals surface area contributed by atoms with E-state index in [2.05, 4.69) is 24.1 Å². The smallest absolute Gasteiger partial charge is 0.0587 e. The number of methoxy groups -OCH3 is 1. The highest BCUT2D eigenvalue weighted by Crippen LogP contribution is 2.18. The molecule has 1 aliphatic heterocycles. The monoisotopic (exact) mass is 214 g/mol. The highest BCUT2D eigenvalue weighted by molar-refractivity contribution is 4.80. The van der Waals surface area contributed by atoms with Gasteiger partial charge in [-0.15, -0.1) is 0 Å². The molecule has 1 N–H and O–H groups in total. The number of hydrogen-bond acceptors (Lipinski definition) is 3. The molecule has 0 radical (unpaired) electrons. The minimum absolute atomic E-state index is 0.680. The van der Waals surface area contributed by atoms with E-state index in [1.165, 1.54) is 25.8 Å². The molecule has 1 heterocycles. The summed E-state index contributed by atoms with van der Waals surface area (Å²) >= 11 is 0. The fourth-order valence-electron chi connectivity index (χ4n) is 2.36. The van der Waals surface area contributed by atoms with Crippen LogP contribution in [-0.4, -0.2) is 50.3 Å². The Morgan fingerprint density at radius 1 is 1.40 bits per heavy atom. The molecule has 0 aromatic heterocycles. The molecule has 0 aliphatic carbocycles. The Morgan fingerprint density at radius 2 is 2.20 bits per heavy atom. The summed E-state index contributed by atoms with van der Waals surface area (Å²) in [4.78, 5) is 2.63. The maximum absolute atomic E-state index is 5.03. The molecule has 0 spiro atoms. The number of ether oxygens (including phenoxy) is 1. The van der Waals surface area contributed by atoms with Crippen LogP contribution >= 0.6 is 0 Å². The summed E-state index contributed by atoms with van der Waals surface area (Å²) in [5.74, 6) is 0. The largest absolute Gasteiger partial charge is 0.383 e.